The van der Waals surface area contributed by atoms with Crippen molar-refractivity contribution >= 4 is 35.2 Å². The Bertz CT molecular complexity index is 2270. The smallest absolute Gasteiger partial charge is 0.243 e. The third-order valence-electron chi connectivity index (χ3n) is 17.7. The summed E-state index contributed by atoms with van der Waals surface area (Å²) in [5.74, 6) is 10.1. The van der Waals surface area contributed by atoms with Crippen molar-refractivity contribution in [2.75, 3.05) is 26.8 Å². The molecule has 0 bridgehead atoms. The summed E-state index contributed by atoms with van der Waals surface area (Å²) in [4.78, 5) is 85.5. The number of carbonyl (C=O) groups is 6. The summed E-state index contributed by atoms with van der Waals surface area (Å²) >= 11 is 0. The molecule has 0 spiro atoms. The molecule has 0 radical (unpaired) electrons. The number of nitrogens with one attached hydrogen (secondary N) is 4. The molecular formula is C61H81N5O8. The quantitative estimate of drug-likeness (QED) is 0.0985. The summed E-state index contributed by atoms with van der Waals surface area (Å²) in [6.45, 7) is 6.41. The maximum atomic E-state index is 14.4. The van der Waals surface area contributed by atoms with Crippen molar-refractivity contribution in [3.8, 4) is 23.7 Å². The summed E-state index contributed by atoms with van der Waals surface area (Å²) in [7, 11) is 1.76. The zero-order valence-corrected chi connectivity index (χ0v) is 44.4. The first-order chi connectivity index (χ1) is 36.0. The minimum absolute atomic E-state index is 0.0116. The molecule has 8 rings (SSSR count). The van der Waals surface area contributed by atoms with Gasteiger partial charge in [0.15, 0.2) is 5.78 Å². The van der Waals surface area contributed by atoms with Gasteiger partial charge in [0.1, 0.15) is 25.0 Å². The van der Waals surface area contributed by atoms with E-state index in [1.54, 1.807) is 11.9 Å². The third-order valence-corrected chi connectivity index (χ3v) is 17.7. The molecule has 4 fully saturated rings. The molecule has 1 aliphatic heterocycles. The lowest BCUT2D eigenvalue weighted by atomic mass is 9.76. The maximum absolute atomic E-state index is 14.4. The molecule has 4 amide bonds. The van der Waals surface area contributed by atoms with Crippen LogP contribution in [0.5, 0.6) is 0 Å². The van der Waals surface area contributed by atoms with E-state index in [0.717, 1.165) is 99.3 Å². The van der Waals surface area contributed by atoms with Crippen molar-refractivity contribution in [3.63, 3.8) is 0 Å². The number of ether oxygens (including phenoxy) is 2. The second-order valence-corrected chi connectivity index (χ2v) is 22.2. The SMILES string of the molecule is CC[C@@H](C)C(=O)N[C@H](C(=O)C1CCC[C@H]1C(=O)N[C@H]1c2ccccc2C[C@H]1OCC#CC#CCO[C@@H]1Cc2ccccc2[C@@H]1NC(=O)[C@@H]1CCCN1C(=O)[C@@H](CC(=O)[C@H](C)NC)C1CCCCC1)C1CCCCC1. The Labute approximate surface area is 439 Å². The van der Waals surface area contributed by atoms with Gasteiger partial charge in [-0.15, -0.1) is 0 Å². The highest BCUT2D eigenvalue weighted by Gasteiger charge is 2.46. The molecular weight excluding hydrogens is 931 g/mol. The van der Waals surface area contributed by atoms with Crippen molar-refractivity contribution in [3.05, 3.63) is 70.8 Å². The van der Waals surface area contributed by atoms with Crippen LogP contribution in [0.1, 0.15) is 164 Å². The highest BCUT2D eigenvalue weighted by Crippen LogP contribution is 2.40. The molecule has 0 aromatic heterocycles. The van der Waals surface area contributed by atoms with E-state index in [1.807, 2.05) is 57.2 Å². The first kappa shape index (κ1) is 54.9. The number of likely N-dealkylation sites (tertiary alicyclic amines) is 1. The molecule has 13 heteroatoms. The zero-order valence-electron chi connectivity index (χ0n) is 44.4. The number of ketones is 2. The number of amides is 4. The van der Waals surface area contributed by atoms with Gasteiger partial charge in [0.25, 0.3) is 0 Å². The summed E-state index contributed by atoms with van der Waals surface area (Å²) < 4.78 is 12.7. The van der Waals surface area contributed by atoms with E-state index >= 15 is 0 Å². The molecule has 2 aromatic carbocycles. The fraction of sp³-hybridized carbons (Fsp3) is 0.639. The van der Waals surface area contributed by atoms with Gasteiger partial charge in [-0.2, -0.15) is 0 Å². The average Bonchev–Trinajstić information content (AvgIpc) is 4.26. The number of nitrogens with zero attached hydrogens (tertiary/aromatic N) is 1. The number of carbonyl (C=O) groups excluding carboxylic acids is 6. The lowest BCUT2D eigenvalue weighted by Crippen LogP contribution is -2.51. The number of Topliss-reactive ketones (excluding diaryl/α,β-unsaturated/α-hetero) is 2. The topological polar surface area (TPSA) is 172 Å². The predicted octanol–water partition coefficient (Wildman–Crippen LogP) is 7.44. The van der Waals surface area contributed by atoms with Gasteiger partial charge in [0.2, 0.25) is 23.6 Å². The van der Waals surface area contributed by atoms with E-state index in [-0.39, 0.29) is 90.8 Å². The van der Waals surface area contributed by atoms with Gasteiger partial charge in [-0.3, -0.25) is 28.8 Å². The van der Waals surface area contributed by atoms with Crippen LogP contribution in [0.2, 0.25) is 0 Å². The average molecular weight is 1010 g/mol. The Hall–Kier alpha value is -5.34. The highest BCUT2D eigenvalue weighted by atomic mass is 16.5. The van der Waals surface area contributed by atoms with E-state index in [9.17, 15) is 28.8 Å². The van der Waals surface area contributed by atoms with Crippen LogP contribution >= 0.6 is 0 Å². The van der Waals surface area contributed by atoms with Crippen molar-refractivity contribution < 1.29 is 38.2 Å². The van der Waals surface area contributed by atoms with E-state index in [4.69, 9.17) is 9.47 Å². The van der Waals surface area contributed by atoms with Crippen molar-refractivity contribution in [2.24, 2.45) is 35.5 Å². The van der Waals surface area contributed by atoms with Gasteiger partial charge in [0.05, 0.1) is 36.4 Å². The Morgan fingerprint density at radius 2 is 1.22 bits per heavy atom. The molecule has 2 aromatic rings. The van der Waals surface area contributed by atoms with E-state index in [1.165, 1.54) is 0 Å². The van der Waals surface area contributed by atoms with Crippen LogP contribution in [0.15, 0.2) is 48.5 Å². The van der Waals surface area contributed by atoms with E-state index in [2.05, 4.69) is 57.1 Å². The number of fused-ring (bicyclic) bond motifs is 2. The van der Waals surface area contributed by atoms with Crippen LogP contribution in [0.25, 0.3) is 0 Å². The largest absolute Gasteiger partial charge is 0.363 e. The van der Waals surface area contributed by atoms with Crippen LogP contribution in [-0.4, -0.2) is 97.2 Å². The van der Waals surface area contributed by atoms with Crippen LogP contribution in [0, 0.1) is 59.2 Å². The first-order valence-electron chi connectivity index (χ1n) is 28.3. The summed E-state index contributed by atoms with van der Waals surface area (Å²) in [5.41, 5.74) is 4.18. The van der Waals surface area contributed by atoms with Gasteiger partial charge in [-0.05, 0) is 118 Å². The van der Waals surface area contributed by atoms with Crippen LogP contribution in [0.3, 0.4) is 0 Å². The van der Waals surface area contributed by atoms with Crippen LogP contribution < -0.4 is 21.3 Å². The number of likely N-dealkylation sites (N-methyl/N-ethyl adjacent to an activating group) is 1. The van der Waals surface area contributed by atoms with Crippen LogP contribution in [-0.2, 0) is 51.1 Å². The Balaban J connectivity index is 0.858. The maximum Gasteiger partial charge on any atom is 0.243 e. The van der Waals surface area contributed by atoms with E-state index in [0.29, 0.717) is 45.1 Å². The first-order valence-corrected chi connectivity index (χ1v) is 28.3. The molecule has 74 heavy (non-hydrogen) atoms. The molecule has 3 saturated carbocycles. The van der Waals surface area contributed by atoms with Gasteiger partial charge >= 0.3 is 0 Å². The zero-order chi connectivity index (χ0) is 52.1. The Morgan fingerprint density at radius 3 is 1.80 bits per heavy atom. The fourth-order valence-electron chi connectivity index (χ4n) is 13.0. The molecule has 1 unspecified atom stereocenters. The number of hydrogen-bond donors (Lipinski definition) is 4. The predicted molar refractivity (Wildman–Crippen MR) is 284 cm³/mol. The van der Waals surface area contributed by atoms with Crippen molar-refractivity contribution in [1.29, 1.82) is 0 Å². The summed E-state index contributed by atoms with van der Waals surface area (Å²) in [6, 6.07) is 13.7. The van der Waals surface area contributed by atoms with Crippen molar-refractivity contribution in [2.45, 2.75) is 185 Å². The molecule has 4 N–H and O–H groups in total. The molecule has 13 nitrogen and oxygen atoms in total. The lowest BCUT2D eigenvalue weighted by Gasteiger charge is -2.35. The van der Waals surface area contributed by atoms with E-state index < -0.39 is 41.9 Å². The Morgan fingerprint density at radius 1 is 0.662 bits per heavy atom. The normalized spacial score (nSPS) is 26.2. The van der Waals surface area contributed by atoms with Gasteiger partial charge in [-0.1, -0.05) is 119 Å². The van der Waals surface area contributed by atoms with Gasteiger partial charge in [0, 0.05) is 49.5 Å². The monoisotopic (exact) mass is 1010 g/mol. The second-order valence-electron chi connectivity index (χ2n) is 22.2. The third kappa shape index (κ3) is 13.2. The lowest BCUT2D eigenvalue weighted by molar-refractivity contribution is -0.145. The second kappa shape index (κ2) is 26.4. The number of hydrogen-bond acceptors (Lipinski definition) is 9. The Kier molecular flexibility index (Phi) is 19.6. The number of rotatable bonds is 20. The molecule has 5 aliphatic carbocycles. The summed E-state index contributed by atoms with van der Waals surface area (Å²) in [5, 5.41) is 12.8. The van der Waals surface area contributed by atoms with Crippen LogP contribution in [0.4, 0.5) is 0 Å². The molecule has 398 valence electrons. The molecule has 11 atom stereocenters. The van der Waals surface area contributed by atoms with Gasteiger partial charge < -0.3 is 35.6 Å². The standard InChI is InChI=1S/C61H81N5O8/c1-5-39(2)58(69)63-54(42-24-12-9-13-25-42)57(68)47-30-20-31-48(47)59(70)64-55-45-28-16-14-26-43(45)36-52(55)73-34-18-6-7-19-35-74-53-37-44-27-15-17-29-46(44)56(53)65-60(71)50-32-21-33-66(50)61(72)49(38-51(67)40(3)62-4)41-22-10-8-11-23-41/h14-17,26-29,39-42,47-50,52-56,62H,5,8-13,20-25,30-38H2,1-4H3,(H,63,69)(H,64,70)(H,65,71)/t39-,40+,47?,48-,49+,50+,52-,53-,54+,55+,56+/m1/s1. The summed E-state index contributed by atoms with van der Waals surface area (Å²) in [6.07, 6.45) is 14.9. The molecule has 6 aliphatic rings. The highest BCUT2D eigenvalue weighted by molar-refractivity contribution is 5.96. The minimum Gasteiger partial charge on any atom is -0.363 e. The van der Waals surface area contributed by atoms with Gasteiger partial charge in [-0.25, -0.2) is 0 Å². The number of benzene rings is 2. The van der Waals surface area contributed by atoms with Crippen molar-refractivity contribution in [1.82, 2.24) is 26.2 Å². The fourth-order valence-corrected chi connectivity index (χ4v) is 13.0. The minimum atomic E-state index is -0.615. The molecule has 1 heterocycles. The molecule has 1 saturated heterocycles.